The molecule has 2 rings (SSSR count). The molecule has 14 heavy (non-hydrogen) atoms. The lowest BCUT2D eigenvalue weighted by molar-refractivity contribution is 0.125. The van der Waals surface area contributed by atoms with Crippen molar-refractivity contribution in [3.05, 3.63) is 35.4 Å². The fraction of sp³-hybridized carbons (Fsp3) is 0.455. The molecular formula is C11H16N2O. The van der Waals surface area contributed by atoms with Crippen molar-refractivity contribution in [1.29, 1.82) is 0 Å². The summed E-state index contributed by atoms with van der Waals surface area (Å²) >= 11 is 0. The maximum absolute atomic E-state index is 9.85. The van der Waals surface area contributed by atoms with Crippen LogP contribution in [0.2, 0.25) is 0 Å². The largest absolute Gasteiger partial charge is 0.391 e. The Morgan fingerprint density at radius 1 is 1.50 bits per heavy atom. The van der Waals surface area contributed by atoms with Gasteiger partial charge in [0.1, 0.15) is 0 Å². The highest BCUT2D eigenvalue weighted by Gasteiger charge is 2.26. The molecule has 3 heteroatoms. The lowest BCUT2D eigenvalue weighted by Gasteiger charge is -2.18. The molecule has 1 aromatic carbocycles. The van der Waals surface area contributed by atoms with Crippen LogP contribution in [-0.4, -0.2) is 17.8 Å². The van der Waals surface area contributed by atoms with E-state index < -0.39 is 0 Å². The minimum absolute atomic E-state index is 0.0646. The highest BCUT2D eigenvalue weighted by atomic mass is 16.3. The van der Waals surface area contributed by atoms with Crippen molar-refractivity contribution in [3.63, 3.8) is 0 Å². The number of hydrogen-bond donors (Lipinski definition) is 3. The first-order valence-electron chi connectivity index (χ1n) is 5.02. The van der Waals surface area contributed by atoms with Gasteiger partial charge in [-0.2, -0.15) is 0 Å². The number of hydrogen-bond acceptors (Lipinski definition) is 3. The minimum Gasteiger partial charge on any atom is -0.391 e. The summed E-state index contributed by atoms with van der Waals surface area (Å²) in [5, 5.41) is 13.2. The molecule has 76 valence electrons. The Bertz CT molecular complexity index is 314. The van der Waals surface area contributed by atoms with Crippen molar-refractivity contribution >= 4 is 0 Å². The Hall–Kier alpha value is -0.900. The van der Waals surface area contributed by atoms with Crippen LogP contribution in [0.15, 0.2) is 24.3 Å². The summed E-state index contributed by atoms with van der Waals surface area (Å²) in [4.78, 5) is 0. The highest BCUT2D eigenvalue weighted by Crippen LogP contribution is 2.28. The van der Waals surface area contributed by atoms with Gasteiger partial charge in [0.2, 0.25) is 0 Å². The third-order valence-electron chi connectivity index (χ3n) is 2.75. The third kappa shape index (κ3) is 1.66. The van der Waals surface area contributed by atoms with Crippen LogP contribution in [0.4, 0.5) is 0 Å². The maximum atomic E-state index is 9.85. The van der Waals surface area contributed by atoms with Crippen LogP contribution in [0, 0.1) is 0 Å². The molecule has 1 aliphatic heterocycles. The average Bonchev–Trinajstić information content (AvgIpc) is 2.61. The van der Waals surface area contributed by atoms with Crippen molar-refractivity contribution in [2.45, 2.75) is 25.1 Å². The molecule has 0 aromatic heterocycles. The number of benzene rings is 1. The van der Waals surface area contributed by atoms with E-state index >= 15 is 0 Å². The van der Waals surface area contributed by atoms with Gasteiger partial charge in [0.25, 0.3) is 0 Å². The zero-order chi connectivity index (χ0) is 9.97. The summed E-state index contributed by atoms with van der Waals surface area (Å²) in [6.07, 6.45) is 0.273. The van der Waals surface area contributed by atoms with E-state index in [2.05, 4.69) is 17.4 Å². The molecule has 0 spiro atoms. The van der Waals surface area contributed by atoms with Crippen LogP contribution < -0.4 is 11.1 Å². The molecule has 4 N–H and O–H groups in total. The maximum Gasteiger partial charge on any atom is 0.0747 e. The molecule has 0 bridgehead atoms. The lowest BCUT2D eigenvalue weighted by Crippen LogP contribution is -2.28. The highest BCUT2D eigenvalue weighted by molar-refractivity contribution is 5.34. The molecule has 0 radical (unpaired) electrons. The smallest absolute Gasteiger partial charge is 0.0747 e. The summed E-state index contributed by atoms with van der Waals surface area (Å²) in [5.74, 6) is 0. The van der Waals surface area contributed by atoms with Crippen LogP contribution >= 0.6 is 0 Å². The molecule has 0 fully saturated rings. The second-order valence-electron chi connectivity index (χ2n) is 3.70. The second-order valence-corrected chi connectivity index (χ2v) is 3.70. The number of rotatable bonds is 3. The van der Waals surface area contributed by atoms with Gasteiger partial charge in [-0.15, -0.1) is 0 Å². The van der Waals surface area contributed by atoms with Gasteiger partial charge in [0.15, 0.2) is 0 Å². The van der Waals surface area contributed by atoms with Crippen LogP contribution in [0.1, 0.15) is 23.6 Å². The summed E-state index contributed by atoms with van der Waals surface area (Å²) in [5.41, 5.74) is 7.93. The third-order valence-corrected chi connectivity index (χ3v) is 2.75. The summed E-state index contributed by atoms with van der Waals surface area (Å²) in [6, 6.07) is 8.26. The first-order valence-corrected chi connectivity index (χ1v) is 5.02. The van der Waals surface area contributed by atoms with Gasteiger partial charge < -0.3 is 16.2 Å². The van der Waals surface area contributed by atoms with E-state index in [1.165, 1.54) is 11.1 Å². The normalized spacial score (nSPS) is 22.0. The van der Waals surface area contributed by atoms with E-state index in [0.717, 1.165) is 6.54 Å². The average molecular weight is 192 g/mol. The van der Waals surface area contributed by atoms with E-state index in [1.54, 1.807) is 0 Å². The van der Waals surface area contributed by atoms with Gasteiger partial charge in [0.05, 0.1) is 12.1 Å². The second kappa shape index (κ2) is 4.09. The van der Waals surface area contributed by atoms with E-state index in [-0.39, 0.29) is 12.1 Å². The van der Waals surface area contributed by atoms with Gasteiger partial charge >= 0.3 is 0 Å². The van der Waals surface area contributed by atoms with Gasteiger partial charge in [-0.25, -0.2) is 0 Å². The fourth-order valence-electron chi connectivity index (χ4n) is 2.01. The Morgan fingerprint density at radius 3 is 3.07 bits per heavy atom. The van der Waals surface area contributed by atoms with E-state index in [0.29, 0.717) is 13.0 Å². The van der Waals surface area contributed by atoms with Crippen molar-refractivity contribution in [2.24, 2.45) is 5.73 Å². The lowest BCUT2D eigenvalue weighted by atomic mass is 9.99. The van der Waals surface area contributed by atoms with Gasteiger partial charge in [0, 0.05) is 6.54 Å². The molecule has 2 atom stereocenters. The zero-order valence-electron chi connectivity index (χ0n) is 8.11. The number of nitrogens with two attached hydrogens (primary N) is 1. The zero-order valence-corrected chi connectivity index (χ0v) is 8.11. The van der Waals surface area contributed by atoms with Crippen LogP contribution in [-0.2, 0) is 6.54 Å². The number of fused-ring (bicyclic) bond motifs is 1. The Labute approximate surface area is 83.9 Å². The monoisotopic (exact) mass is 192 g/mol. The van der Waals surface area contributed by atoms with Gasteiger partial charge in [-0.3, -0.25) is 0 Å². The first-order chi connectivity index (χ1) is 6.83. The molecule has 0 saturated heterocycles. The van der Waals surface area contributed by atoms with E-state index in [9.17, 15) is 5.11 Å². The number of aliphatic hydroxyl groups is 1. The first kappa shape index (κ1) is 9.65. The SMILES string of the molecule is NCCC(O)C1NCc2ccccc21. The quantitative estimate of drug-likeness (QED) is 0.655. The summed E-state index contributed by atoms with van der Waals surface area (Å²) < 4.78 is 0. The fourth-order valence-corrected chi connectivity index (χ4v) is 2.01. The van der Waals surface area contributed by atoms with Crippen LogP contribution in [0.25, 0.3) is 0 Å². The summed E-state index contributed by atoms with van der Waals surface area (Å²) in [6.45, 7) is 1.38. The summed E-state index contributed by atoms with van der Waals surface area (Å²) in [7, 11) is 0. The number of aliphatic hydroxyl groups excluding tert-OH is 1. The Morgan fingerprint density at radius 2 is 2.29 bits per heavy atom. The van der Waals surface area contributed by atoms with E-state index in [1.807, 2.05) is 12.1 Å². The van der Waals surface area contributed by atoms with Crippen LogP contribution in [0.3, 0.4) is 0 Å². The Balaban J connectivity index is 2.17. The molecule has 2 unspecified atom stereocenters. The molecule has 3 nitrogen and oxygen atoms in total. The van der Waals surface area contributed by atoms with E-state index in [4.69, 9.17) is 5.73 Å². The molecule has 1 aromatic rings. The predicted octanol–water partition coefficient (Wildman–Crippen LogP) is 0.541. The molecule has 1 aliphatic rings. The van der Waals surface area contributed by atoms with Crippen molar-refractivity contribution in [3.8, 4) is 0 Å². The standard InChI is InChI=1S/C11H16N2O/c12-6-5-10(14)11-9-4-2-1-3-8(9)7-13-11/h1-4,10-11,13-14H,5-7,12H2. The molecule has 0 saturated carbocycles. The predicted molar refractivity (Wildman–Crippen MR) is 55.7 cm³/mol. The molecule has 1 heterocycles. The van der Waals surface area contributed by atoms with Crippen molar-refractivity contribution in [2.75, 3.05) is 6.54 Å². The van der Waals surface area contributed by atoms with Crippen molar-refractivity contribution < 1.29 is 5.11 Å². The van der Waals surface area contributed by atoms with Gasteiger partial charge in [-0.05, 0) is 24.1 Å². The van der Waals surface area contributed by atoms with Crippen LogP contribution in [0.5, 0.6) is 0 Å². The topological polar surface area (TPSA) is 58.3 Å². The van der Waals surface area contributed by atoms with Crippen molar-refractivity contribution in [1.82, 2.24) is 5.32 Å². The molecular weight excluding hydrogens is 176 g/mol. The number of nitrogens with one attached hydrogen (secondary N) is 1. The van der Waals surface area contributed by atoms with Gasteiger partial charge in [-0.1, -0.05) is 24.3 Å². The minimum atomic E-state index is -0.372. The molecule has 0 aliphatic carbocycles. The Kier molecular flexibility index (Phi) is 2.82. The molecule has 0 amide bonds.